The standard InChI is InChI=1S/C21H21N3O/c22-21(25)16-9-6-12-24(14-16)20-13-18(15-7-2-1-3-8-15)17-10-4-5-11-19(17)23-20/h1-5,7-8,10-11,13,16H,6,9,12,14H2,(H2,22,25). The van der Waals surface area contributed by atoms with Crippen molar-refractivity contribution in [1.82, 2.24) is 4.98 Å². The molecule has 25 heavy (non-hydrogen) atoms. The van der Waals surface area contributed by atoms with Gasteiger partial charge in [0.25, 0.3) is 0 Å². The van der Waals surface area contributed by atoms with Gasteiger partial charge < -0.3 is 10.6 Å². The highest BCUT2D eigenvalue weighted by atomic mass is 16.1. The Kier molecular flexibility index (Phi) is 4.10. The molecule has 2 N–H and O–H groups in total. The Bertz CT molecular complexity index is 907. The van der Waals surface area contributed by atoms with Gasteiger partial charge in [0.05, 0.1) is 11.4 Å². The second-order valence-electron chi connectivity index (χ2n) is 6.60. The van der Waals surface area contributed by atoms with E-state index in [2.05, 4.69) is 29.2 Å². The highest BCUT2D eigenvalue weighted by Crippen LogP contribution is 2.32. The molecule has 1 saturated heterocycles. The zero-order valence-electron chi connectivity index (χ0n) is 14.1. The van der Waals surface area contributed by atoms with Gasteiger partial charge in [0, 0.05) is 18.5 Å². The molecule has 4 rings (SSSR count). The third kappa shape index (κ3) is 3.07. The number of pyridine rings is 1. The van der Waals surface area contributed by atoms with Gasteiger partial charge in [-0.25, -0.2) is 4.98 Å². The molecular formula is C21H21N3O. The average Bonchev–Trinajstić information content (AvgIpc) is 2.68. The average molecular weight is 331 g/mol. The monoisotopic (exact) mass is 331 g/mol. The topological polar surface area (TPSA) is 59.2 Å². The van der Waals surface area contributed by atoms with Crippen LogP contribution in [0.3, 0.4) is 0 Å². The number of anilines is 1. The number of benzene rings is 2. The molecule has 2 aromatic carbocycles. The lowest BCUT2D eigenvalue weighted by molar-refractivity contribution is -0.122. The summed E-state index contributed by atoms with van der Waals surface area (Å²) in [6.07, 6.45) is 1.83. The number of fused-ring (bicyclic) bond motifs is 1. The molecule has 1 atom stereocenters. The first-order valence-corrected chi connectivity index (χ1v) is 8.72. The molecule has 0 bridgehead atoms. The Morgan fingerprint density at radius 1 is 1.08 bits per heavy atom. The van der Waals surface area contributed by atoms with Crippen molar-refractivity contribution in [3.63, 3.8) is 0 Å². The number of nitrogens with zero attached hydrogens (tertiary/aromatic N) is 2. The Morgan fingerprint density at radius 2 is 1.84 bits per heavy atom. The molecule has 1 aliphatic rings. The van der Waals surface area contributed by atoms with E-state index < -0.39 is 0 Å². The van der Waals surface area contributed by atoms with Gasteiger partial charge in [-0.2, -0.15) is 0 Å². The summed E-state index contributed by atoms with van der Waals surface area (Å²) in [6, 6.07) is 20.7. The van der Waals surface area contributed by atoms with E-state index in [0.29, 0.717) is 6.54 Å². The summed E-state index contributed by atoms with van der Waals surface area (Å²) < 4.78 is 0. The van der Waals surface area contributed by atoms with Gasteiger partial charge in [0.1, 0.15) is 5.82 Å². The van der Waals surface area contributed by atoms with Crippen molar-refractivity contribution < 1.29 is 4.79 Å². The van der Waals surface area contributed by atoms with Crippen molar-refractivity contribution in [2.75, 3.05) is 18.0 Å². The first-order chi connectivity index (χ1) is 12.2. The summed E-state index contributed by atoms with van der Waals surface area (Å²) in [4.78, 5) is 18.7. The van der Waals surface area contributed by atoms with Crippen LogP contribution in [0.2, 0.25) is 0 Å². The highest BCUT2D eigenvalue weighted by Gasteiger charge is 2.25. The molecular weight excluding hydrogens is 310 g/mol. The smallest absolute Gasteiger partial charge is 0.222 e. The summed E-state index contributed by atoms with van der Waals surface area (Å²) >= 11 is 0. The number of nitrogens with two attached hydrogens (primary N) is 1. The number of rotatable bonds is 3. The third-order valence-corrected chi connectivity index (χ3v) is 4.94. The first-order valence-electron chi connectivity index (χ1n) is 8.72. The molecule has 1 amide bonds. The van der Waals surface area contributed by atoms with E-state index >= 15 is 0 Å². The molecule has 0 aliphatic carbocycles. The third-order valence-electron chi connectivity index (χ3n) is 4.94. The Balaban J connectivity index is 1.81. The lowest BCUT2D eigenvalue weighted by Gasteiger charge is -2.32. The Hall–Kier alpha value is -2.88. The first kappa shape index (κ1) is 15.6. The normalized spacial score (nSPS) is 17.6. The van der Waals surface area contributed by atoms with Crippen molar-refractivity contribution in [3.8, 4) is 11.1 Å². The van der Waals surface area contributed by atoms with Crippen molar-refractivity contribution in [2.45, 2.75) is 12.8 Å². The summed E-state index contributed by atoms with van der Waals surface area (Å²) in [5, 5.41) is 1.14. The summed E-state index contributed by atoms with van der Waals surface area (Å²) in [5.74, 6) is 0.611. The number of hydrogen-bond donors (Lipinski definition) is 1. The van der Waals surface area contributed by atoms with E-state index in [9.17, 15) is 4.79 Å². The summed E-state index contributed by atoms with van der Waals surface area (Å²) in [5.41, 5.74) is 8.85. The molecule has 1 aliphatic heterocycles. The number of piperidine rings is 1. The van der Waals surface area contributed by atoms with Crippen LogP contribution in [-0.4, -0.2) is 24.0 Å². The fourth-order valence-electron chi connectivity index (χ4n) is 3.60. The number of carbonyl (C=O) groups excluding carboxylic acids is 1. The van der Waals surface area contributed by atoms with E-state index in [1.165, 1.54) is 11.1 Å². The SMILES string of the molecule is NC(=O)C1CCCN(c2cc(-c3ccccc3)c3ccccc3n2)C1. The van der Waals surface area contributed by atoms with Crippen LogP contribution in [0.15, 0.2) is 60.7 Å². The number of amides is 1. The van der Waals surface area contributed by atoms with Gasteiger partial charge in [0.15, 0.2) is 0 Å². The number of hydrogen-bond acceptors (Lipinski definition) is 3. The van der Waals surface area contributed by atoms with E-state index in [-0.39, 0.29) is 11.8 Å². The number of para-hydroxylation sites is 1. The van der Waals surface area contributed by atoms with E-state index in [1.54, 1.807) is 0 Å². The maximum Gasteiger partial charge on any atom is 0.222 e. The predicted octanol–water partition coefficient (Wildman–Crippen LogP) is 3.60. The molecule has 4 nitrogen and oxygen atoms in total. The lowest BCUT2D eigenvalue weighted by Crippen LogP contribution is -2.41. The van der Waals surface area contributed by atoms with Gasteiger partial charge in [-0.15, -0.1) is 0 Å². The number of carbonyl (C=O) groups is 1. The minimum atomic E-state index is -0.214. The zero-order valence-corrected chi connectivity index (χ0v) is 14.1. The van der Waals surface area contributed by atoms with Crippen molar-refractivity contribution in [1.29, 1.82) is 0 Å². The largest absolute Gasteiger partial charge is 0.369 e. The van der Waals surface area contributed by atoms with E-state index in [1.807, 2.05) is 36.4 Å². The van der Waals surface area contributed by atoms with E-state index in [4.69, 9.17) is 10.7 Å². The second kappa shape index (κ2) is 6.55. The maximum absolute atomic E-state index is 11.6. The van der Waals surface area contributed by atoms with Crippen LogP contribution < -0.4 is 10.6 Å². The van der Waals surface area contributed by atoms with Crippen LogP contribution in [0.25, 0.3) is 22.0 Å². The van der Waals surface area contributed by atoms with Crippen LogP contribution in [0, 0.1) is 5.92 Å². The Morgan fingerprint density at radius 3 is 2.64 bits per heavy atom. The van der Waals surface area contributed by atoms with Gasteiger partial charge in [0.2, 0.25) is 5.91 Å². The molecule has 1 unspecified atom stereocenters. The quantitative estimate of drug-likeness (QED) is 0.798. The summed E-state index contributed by atoms with van der Waals surface area (Å²) in [6.45, 7) is 1.55. The minimum absolute atomic E-state index is 0.0952. The zero-order chi connectivity index (χ0) is 17.2. The molecule has 126 valence electrons. The maximum atomic E-state index is 11.6. The van der Waals surface area contributed by atoms with E-state index in [0.717, 1.165) is 36.1 Å². The molecule has 1 fully saturated rings. The summed E-state index contributed by atoms with van der Waals surface area (Å²) in [7, 11) is 0. The molecule has 0 radical (unpaired) electrons. The predicted molar refractivity (Wildman–Crippen MR) is 101 cm³/mol. The van der Waals surface area contributed by atoms with Crippen LogP contribution >= 0.6 is 0 Å². The molecule has 2 heterocycles. The fraction of sp³-hybridized carbons (Fsp3) is 0.238. The van der Waals surface area contributed by atoms with Crippen LogP contribution in [0.4, 0.5) is 5.82 Å². The fourth-order valence-corrected chi connectivity index (χ4v) is 3.60. The van der Waals surface area contributed by atoms with Crippen molar-refractivity contribution in [3.05, 3.63) is 60.7 Å². The molecule has 0 saturated carbocycles. The van der Waals surface area contributed by atoms with Gasteiger partial charge in [-0.1, -0.05) is 48.5 Å². The van der Waals surface area contributed by atoms with Gasteiger partial charge in [-0.05, 0) is 36.1 Å². The van der Waals surface area contributed by atoms with Crippen LogP contribution in [0.5, 0.6) is 0 Å². The molecule has 0 spiro atoms. The van der Waals surface area contributed by atoms with Crippen molar-refractivity contribution >= 4 is 22.6 Å². The van der Waals surface area contributed by atoms with Crippen LogP contribution in [0.1, 0.15) is 12.8 Å². The number of primary amides is 1. The van der Waals surface area contributed by atoms with Gasteiger partial charge >= 0.3 is 0 Å². The van der Waals surface area contributed by atoms with Crippen molar-refractivity contribution in [2.24, 2.45) is 11.7 Å². The minimum Gasteiger partial charge on any atom is -0.369 e. The second-order valence-corrected chi connectivity index (χ2v) is 6.60. The lowest BCUT2D eigenvalue weighted by atomic mass is 9.96. The van der Waals surface area contributed by atoms with Gasteiger partial charge in [-0.3, -0.25) is 4.79 Å². The molecule has 1 aromatic heterocycles. The highest BCUT2D eigenvalue weighted by molar-refractivity contribution is 5.96. The Labute approximate surface area is 147 Å². The molecule has 4 heteroatoms. The molecule has 3 aromatic rings. The van der Waals surface area contributed by atoms with Crippen LogP contribution in [-0.2, 0) is 4.79 Å². The number of aromatic nitrogens is 1.